The Labute approximate surface area is 168 Å². The highest BCUT2D eigenvalue weighted by molar-refractivity contribution is 14.0. The van der Waals surface area contributed by atoms with Crippen LogP contribution in [0, 0.1) is 5.92 Å². The van der Waals surface area contributed by atoms with Gasteiger partial charge in [0.2, 0.25) is 0 Å². The van der Waals surface area contributed by atoms with Crippen LogP contribution in [0.25, 0.3) is 0 Å². The summed E-state index contributed by atoms with van der Waals surface area (Å²) < 4.78 is 1.09. The van der Waals surface area contributed by atoms with Crippen molar-refractivity contribution in [3.63, 3.8) is 0 Å². The van der Waals surface area contributed by atoms with Crippen molar-refractivity contribution in [2.24, 2.45) is 5.92 Å². The van der Waals surface area contributed by atoms with Gasteiger partial charge in [-0.1, -0.05) is 42.5 Å². The third-order valence-corrected chi connectivity index (χ3v) is 5.18. The lowest BCUT2D eigenvalue weighted by atomic mass is 9.86. The number of nitrogens with zero attached hydrogens (tertiary/aromatic N) is 1. The topological polar surface area (TPSA) is 60.4 Å². The first-order valence-corrected chi connectivity index (χ1v) is 8.92. The molecule has 0 saturated carbocycles. The number of carboxylic acid groups (broad SMARTS) is 1. The van der Waals surface area contributed by atoms with Gasteiger partial charge in [-0.2, -0.15) is 0 Å². The van der Waals surface area contributed by atoms with Gasteiger partial charge >= 0.3 is 0 Å². The molecule has 1 saturated heterocycles. The van der Waals surface area contributed by atoms with Crippen molar-refractivity contribution >= 4 is 29.9 Å². The molecule has 3 rings (SSSR count). The van der Waals surface area contributed by atoms with Crippen molar-refractivity contribution in [2.45, 2.75) is 31.6 Å². The van der Waals surface area contributed by atoms with E-state index in [0.717, 1.165) is 29.4 Å². The Bertz CT molecular complexity index is 541. The molecule has 1 aliphatic heterocycles. The van der Waals surface area contributed by atoms with Crippen LogP contribution in [0.15, 0.2) is 42.5 Å². The maximum atomic E-state index is 11.1. The number of carbonyl (C=O) groups excluding carboxylic acids is 1. The minimum Gasteiger partial charge on any atom is -0.549 e. The second-order valence-corrected chi connectivity index (χ2v) is 7.10. The summed E-state index contributed by atoms with van der Waals surface area (Å²) >= 11 is 0. The molecule has 5 heteroatoms. The van der Waals surface area contributed by atoms with Gasteiger partial charge in [0.05, 0.1) is 26.7 Å². The van der Waals surface area contributed by atoms with Crippen molar-refractivity contribution in [1.29, 1.82) is 0 Å². The van der Waals surface area contributed by atoms with Crippen LogP contribution in [-0.4, -0.2) is 48.8 Å². The first-order chi connectivity index (χ1) is 11.6. The second kappa shape index (κ2) is 10.9. The van der Waals surface area contributed by atoms with Crippen molar-refractivity contribution in [2.75, 3.05) is 33.3 Å². The lowest BCUT2D eigenvalue weighted by molar-refractivity contribution is -0.897. The van der Waals surface area contributed by atoms with E-state index in [-0.39, 0.29) is 29.9 Å². The molecule has 2 atom stereocenters. The fourth-order valence-electron chi connectivity index (χ4n) is 3.72. The Balaban J connectivity index is 0.000000270. The summed E-state index contributed by atoms with van der Waals surface area (Å²) in [6.45, 7) is 3.82. The molecular formula is C20H30INO3. The van der Waals surface area contributed by atoms with Crippen molar-refractivity contribution in [3.05, 3.63) is 48.0 Å². The van der Waals surface area contributed by atoms with Crippen LogP contribution in [-0.2, 0) is 4.79 Å². The maximum absolute atomic E-state index is 11.1. The molecule has 140 valence electrons. The van der Waals surface area contributed by atoms with Gasteiger partial charge in [0.25, 0.3) is 0 Å². The number of hydrogen-bond acceptors (Lipinski definition) is 3. The smallest absolute Gasteiger partial charge is 0.102 e. The summed E-state index contributed by atoms with van der Waals surface area (Å²) in [5, 5.41) is 19.8. The predicted molar refractivity (Wildman–Crippen MR) is 109 cm³/mol. The normalized spacial score (nSPS) is 21.8. The Hall–Kier alpha value is -0.920. The average molecular weight is 459 g/mol. The number of likely N-dealkylation sites (tertiary alicyclic amines) is 1. The van der Waals surface area contributed by atoms with Gasteiger partial charge in [-0.15, -0.1) is 24.0 Å². The lowest BCUT2D eigenvalue weighted by Crippen LogP contribution is -2.42. The highest BCUT2D eigenvalue weighted by Crippen LogP contribution is 2.32. The molecule has 1 aliphatic carbocycles. The molecule has 1 N–H and O–H groups in total. The molecular weight excluding hydrogens is 429 g/mol. The minimum absolute atomic E-state index is 0. The number of carboxylic acids is 1. The molecule has 2 unspecified atom stereocenters. The third kappa shape index (κ3) is 6.72. The molecule has 0 spiro atoms. The summed E-state index contributed by atoms with van der Waals surface area (Å²) in [6.07, 6.45) is 8.61. The highest BCUT2D eigenvalue weighted by Gasteiger charge is 2.25. The number of halogens is 1. The number of aliphatic carboxylic acids is 1. The molecule has 1 fully saturated rings. The zero-order valence-corrected chi connectivity index (χ0v) is 17.3. The fraction of sp³-hybridized carbons (Fsp3) is 0.550. The predicted octanol–water partition coefficient (Wildman–Crippen LogP) is 2.32. The molecule has 0 amide bonds. The van der Waals surface area contributed by atoms with Gasteiger partial charge in [-0.25, -0.2) is 0 Å². The van der Waals surface area contributed by atoms with E-state index >= 15 is 0 Å². The summed E-state index contributed by atoms with van der Waals surface area (Å²) in [7, 11) is 2.23. The molecule has 25 heavy (non-hydrogen) atoms. The van der Waals surface area contributed by atoms with Crippen LogP contribution in [0.2, 0.25) is 0 Å². The van der Waals surface area contributed by atoms with Gasteiger partial charge in [-0.05, 0) is 24.3 Å². The summed E-state index contributed by atoms with van der Waals surface area (Å²) in [5.41, 5.74) is 0.842. The second-order valence-electron chi connectivity index (χ2n) is 7.10. The molecule has 1 heterocycles. The van der Waals surface area contributed by atoms with E-state index in [1.54, 1.807) is 0 Å². The zero-order valence-electron chi connectivity index (χ0n) is 15.0. The van der Waals surface area contributed by atoms with Crippen LogP contribution in [0.3, 0.4) is 0 Å². The summed E-state index contributed by atoms with van der Waals surface area (Å²) in [6, 6.07) is 9.33. The number of benzene rings is 1. The average Bonchev–Trinajstić information content (AvgIpc) is 3.22. The van der Waals surface area contributed by atoms with Crippen molar-refractivity contribution in [1.82, 2.24) is 0 Å². The molecule has 4 nitrogen and oxygen atoms in total. The quantitative estimate of drug-likeness (QED) is 0.418. The SMILES string of the molecule is C[N+]1(CCO)CCCC1.I.O=C([O-])C(c1ccccc1)C1C=CCC1. The van der Waals surface area contributed by atoms with Gasteiger partial charge < -0.3 is 19.5 Å². The largest absolute Gasteiger partial charge is 0.549 e. The van der Waals surface area contributed by atoms with Crippen LogP contribution in [0.5, 0.6) is 0 Å². The van der Waals surface area contributed by atoms with Crippen LogP contribution >= 0.6 is 24.0 Å². The molecule has 0 radical (unpaired) electrons. The standard InChI is InChI=1S/C13H14O2.C7H16NO.HI/c14-13(15)12(11-8-4-5-9-11)10-6-2-1-3-7-10;1-8(6-7-9)4-2-3-5-8;/h1-4,6-8,11-12H,5,9H2,(H,14,15);9H,2-7H2,1H3;1H/q;+1;/p-1. The number of quaternary nitrogens is 1. The number of carbonyl (C=O) groups is 1. The van der Waals surface area contributed by atoms with Crippen LogP contribution in [0.4, 0.5) is 0 Å². The van der Waals surface area contributed by atoms with Crippen molar-refractivity contribution in [3.8, 4) is 0 Å². The number of hydrogen-bond donors (Lipinski definition) is 1. The van der Waals surface area contributed by atoms with E-state index < -0.39 is 11.9 Å². The van der Waals surface area contributed by atoms with Gasteiger partial charge in [-0.3, -0.25) is 0 Å². The van der Waals surface area contributed by atoms with Gasteiger partial charge in [0, 0.05) is 24.7 Å². The van der Waals surface area contributed by atoms with Crippen LogP contribution in [0.1, 0.15) is 37.2 Å². The van der Waals surface area contributed by atoms with Crippen molar-refractivity contribution < 1.29 is 19.5 Å². The monoisotopic (exact) mass is 459 g/mol. The molecule has 0 aromatic heterocycles. The van der Waals surface area contributed by atoms with Gasteiger partial charge in [0.15, 0.2) is 0 Å². The Kier molecular flexibility index (Phi) is 9.67. The Morgan fingerprint density at radius 1 is 1.28 bits per heavy atom. The molecule has 1 aromatic rings. The van der Waals surface area contributed by atoms with E-state index in [1.807, 2.05) is 42.5 Å². The summed E-state index contributed by atoms with van der Waals surface area (Å²) in [5.74, 6) is -1.37. The Morgan fingerprint density at radius 2 is 1.92 bits per heavy atom. The van der Waals surface area contributed by atoms with E-state index in [2.05, 4.69) is 7.05 Å². The third-order valence-electron chi connectivity index (χ3n) is 5.18. The zero-order chi connectivity index (χ0) is 17.4. The number of allylic oxidation sites excluding steroid dienone is 2. The first kappa shape index (κ1) is 22.1. The highest BCUT2D eigenvalue weighted by atomic mass is 127. The molecule has 0 bridgehead atoms. The van der Waals surface area contributed by atoms with E-state index in [1.165, 1.54) is 25.9 Å². The van der Waals surface area contributed by atoms with E-state index in [4.69, 9.17) is 5.11 Å². The molecule has 2 aliphatic rings. The summed E-state index contributed by atoms with van der Waals surface area (Å²) in [4.78, 5) is 11.1. The first-order valence-electron chi connectivity index (χ1n) is 8.92. The number of rotatable bonds is 5. The molecule has 1 aromatic carbocycles. The maximum Gasteiger partial charge on any atom is 0.102 e. The van der Waals surface area contributed by atoms with Crippen LogP contribution < -0.4 is 5.11 Å². The van der Waals surface area contributed by atoms with E-state index in [9.17, 15) is 9.90 Å². The van der Waals surface area contributed by atoms with Gasteiger partial charge in [0.1, 0.15) is 6.54 Å². The Morgan fingerprint density at radius 3 is 2.40 bits per heavy atom. The number of aliphatic hydroxyl groups excluding tert-OH is 1. The number of aliphatic hydroxyl groups is 1. The number of likely N-dealkylation sites (N-methyl/N-ethyl adjacent to an activating group) is 1. The van der Waals surface area contributed by atoms with E-state index in [0.29, 0.717) is 6.61 Å². The fourth-order valence-corrected chi connectivity index (χ4v) is 3.72. The lowest BCUT2D eigenvalue weighted by Gasteiger charge is -2.27. The minimum atomic E-state index is -0.974.